The van der Waals surface area contributed by atoms with Crippen molar-refractivity contribution in [3.8, 4) is 5.88 Å². The van der Waals surface area contributed by atoms with Gasteiger partial charge in [0.05, 0.1) is 19.6 Å². The van der Waals surface area contributed by atoms with Crippen LogP contribution in [0.25, 0.3) is 0 Å². The minimum Gasteiger partial charge on any atom is -0.481 e. The van der Waals surface area contributed by atoms with Crippen molar-refractivity contribution in [2.75, 3.05) is 26.7 Å². The monoisotopic (exact) mass is 303 g/mol. The van der Waals surface area contributed by atoms with Crippen molar-refractivity contribution in [2.24, 2.45) is 0 Å². The van der Waals surface area contributed by atoms with Gasteiger partial charge in [-0.3, -0.25) is 9.59 Å². The van der Waals surface area contributed by atoms with Gasteiger partial charge in [-0.15, -0.1) is 0 Å². The number of pyridine rings is 1. The van der Waals surface area contributed by atoms with Crippen LogP contribution in [-0.4, -0.2) is 59.4 Å². The lowest BCUT2D eigenvalue weighted by Crippen LogP contribution is -2.39. The van der Waals surface area contributed by atoms with Gasteiger partial charge in [-0.1, -0.05) is 0 Å². The van der Waals surface area contributed by atoms with Gasteiger partial charge in [-0.05, 0) is 24.5 Å². The van der Waals surface area contributed by atoms with Crippen molar-refractivity contribution in [2.45, 2.75) is 31.7 Å². The molecule has 0 aliphatic carbocycles. The van der Waals surface area contributed by atoms with Crippen molar-refractivity contribution in [1.82, 2.24) is 14.8 Å². The van der Waals surface area contributed by atoms with Gasteiger partial charge >= 0.3 is 0 Å². The Morgan fingerprint density at radius 3 is 3.05 bits per heavy atom. The van der Waals surface area contributed by atoms with E-state index in [1.165, 1.54) is 0 Å². The molecule has 1 atom stereocenters. The maximum atomic E-state index is 12.4. The first-order chi connectivity index (χ1) is 10.7. The highest BCUT2D eigenvalue weighted by molar-refractivity contribution is 5.80. The van der Waals surface area contributed by atoms with E-state index in [4.69, 9.17) is 4.74 Å². The first kappa shape index (κ1) is 14.8. The number of ether oxygens (including phenoxy) is 1. The summed E-state index contributed by atoms with van der Waals surface area (Å²) >= 11 is 0. The predicted molar refractivity (Wildman–Crippen MR) is 80.4 cm³/mol. The summed E-state index contributed by atoms with van der Waals surface area (Å²) in [6.45, 7) is 2.23. The number of aromatic nitrogens is 1. The summed E-state index contributed by atoms with van der Waals surface area (Å²) < 4.78 is 5.08. The van der Waals surface area contributed by atoms with Crippen LogP contribution < -0.4 is 4.74 Å². The molecule has 0 saturated carbocycles. The second kappa shape index (κ2) is 6.34. The Bertz CT molecular complexity index is 576. The van der Waals surface area contributed by atoms with Crippen LogP contribution in [0.1, 0.15) is 24.8 Å². The lowest BCUT2D eigenvalue weighted by molar-refractivity contribution is -0.132. The van der Waals surface area contributed by atoms with Gasteiger partial charge in [0.25, 0.3) is 0 Å². The van der Waals surface area contributed by atoms with E-state index >= 15 is 0 Å². The van der Waals surface area contributed by atoms with E-state index in [0.29, 0.717) is 25.3 Å². The van der Waals surface area contributed by atoms with E-state index in [1.807, 2.05) is 15.9 Å². The molecule has 118 valence electrons. The summed E-state index contributed by atoms with van der Waals surface area (Å²) in [5, 5.41) is 0. The highest BCUT2D eigenvalue weighted by Gasteiger charge is 2.34. The molecule has 2 aliphatic heterocycles. The molecule has 0 bridgehead atoms. The molecule has 2 fully saturated rings. The Kier molecular flexibility index (Phi) is 4.27. The predicted octanol–water partition coefficient (Wildman–Crippen LogP) is 0.856. The zero-order valence-corrected chi connectivity index (χ0v) is 12.8. The van der Waals surface area contributed by atoms with Crippen LogP contribution in [0, 0.1) is 0 Å². The Hall–Kier alpha value is -2.11. The third kappa shape index (κ3) is 3.05. The summed E-state index contributed by atoms with van der Waals surface area (Å²) in [5.41, 5.74) is 0.901. The summed E-state index contributed by atoms with van der Waals surface area (Å²) in [6, 6.07) is 3.82. The number of hydrogen-bond acceptors (Lipinski definition) is 4. The second-order valence-electron chi connectivity index (χ2n) is 5.86. The first-order valence-corrected chi connectivity index (χ1v) is 7.73. The average molecular weight is 303 g/mol. The molecule has 3 heterocycles. The molecule has 1 aromatic heterocycles. The van der Waals surface area contributed by atoms with Gasteiger partial charge in [0.15, 0.2) is 0 Å². The van der Waals surface area contributed by atoms with Gasteiger partial charge in [0.1, 0.15) is 0 Å². The number of nitrogens with zero attached hydrogens (tertiary/aromatic N) is 3. The SMILES string of the molecule is COc1cc(CC(=O)N2CCC(N3CCCC3=O)C2)ccn1. The fourth-order valence-electron chi connectivity index (χ4n) is 3.24. The Morgan fingerprint density at radius 1 is 1.45 bits per heavy atom. The fraction of sp³-hybridized carbons (Fsp3) is 0.562. The van der Waals surface area contributed by atoms with E-state index < -0.39 is 0 Å². The zero-order chi connectivity index (χ0) is 15.5. The van der Waals surface area contributed by atoms with Gasteiger partial charge in [-0.2, -0.15) is 0 Å². The van der Waals surface area contributed by atoms with E-state index in [9.17, 15) is 9.59 Å². The second-order valence-corrected chi connectivity index (χ2v) is 5.86. The lowest BCUT2D eigenvalue weighted by atomic mass is 10.2. The molecule has 6 nitrogen and oxygen atoms in total. The normalized spacial score (nSPS) is 21.5. The van der Waals surface area contributed by atoms with E-state index in [-0.39, 0.29) is 17.9 Å². The van der Waals surface area contributed by atoms with Gasteiger partial charge in [0, 0.05) is 38.3 Å². The van der Waals surface area contributed by atoms with Crippen LogP contribution in [0.5, 0.6) is 5.88 Å². The molecule has 2 aliphatic rings. The molecule has 2 saturated heterocycles. The van der Waals surface area contributed by atoms with Crippen LogP contribution in [0.4, 0.5) is 0 Å². The third-order valence-corrected chi connectivity index (χ3v) is 4.43. The smallest absolute Gasteiger partial charge is 0.227 e. The van der Waals surface area contributed by atoms with Crippen LogP contribution in [0.3, 0.4) is 0 Å². The van der Waals surface area contributed by atoms with Crippen LogP contribution in [-0.2, 0) is 16.0 Å². The lowest BCUT2D eigenvalue weighted by Gasteiger charge is -2.24. The standard InChI is InChI=1S/C16H21N3O3/c1-22-14-9-12(4-6-17-14)10-16(21)18-8-5-13(11-18)19-7-2-3-15(19)20/h4,6,9,13H,2-3,5,7-8,10-11H2,1H3. The Morgan fingerprint density at radius 2 is 2.32 bits per heavy atom. The quantitative estimate of drug-likeness (QED) is 0.827. The van der Waals surface area contributed by atoms with Crippen molar-refractivity contribution >= 4 is 11.8 Å². The summed E-state index contributed by atoms with van der Waals surface area (Å²) in [5.74, 6) is 0.854. The van der Waals surface area contributed by atoms with Crippen molar-refractivity contribution in [1.29, 1.82) is 0 Å². The summed E-state index contributed by atoms with van der Waals surface area (Å²) in [6.07, 6.45) is 4.48. The van der Waals surface area contributed by atoms with E-state index in [2.05, 4.69) is 4.98 Å². The molecular formula is C16H21N3O3. The average Bonchev–Trinajstić information content (AvgIpc) is 3.16. The number of amides is 2. The number of likely N-dealkylation sites (tertiary alicyclic amines) is 2. The summed E-state index contributed by atoms with van der Waals surface area (Å²) in [7, 11) is 1.56. The van der Waals surface area contributed by atoms with Gasteiger partial charge < -0.3 is 14.5 Å². The molecule has 3 rings (SSSR count). The van der Waals surface area contributed by atoms with Gasteiger partial charge in [0.2, 0.25) is 17.7 Å². The molecule has 0 aromatic carbocycles. The number of carbonyl (C=O) groups is 2. The molecule has 1 aromatic rings. The maximum absolute atomic E-state index is 12.4. The van der Waals surface area contributed by atoms with E-state index in [1.54, 1.807) is 19.4 Å². The molecule has 0 radical (unpaired) electrons. The number of methoxy groups -OCH3 is 1. The molecular weight excluding hydrogens is 282 g/mol. The maximum Gasteiger partial charge on any atom is 0.227 e. The molecule has 0 N–H and O–H groups in total. The largest absolute Gasteiger partial charge is 0.481 e. The number of hydrogen-bond donors (Lipinski definition) is 0. The minimum absolute atomic E-state index is 0.0994. The number of carbonyl (C=O) groups excluding carboxylic acids is 2. The van der Waals surface area contributed by atoms with Crippen LogP contribution in [0.2, 0.25) is 0 Å². The van der Waals surface area contributed by atoms with Crippen LogP contribution in [0.15, 0.2) is 18.3 Å². The zero-order valence-electron chi connectivity index (χ0n) is 12.8. The Labute approximate surface area is 130 Å². The first-order valence-electron chi connectivity index (χ1n) is 7.73. The molecule has 6 heteroatoms. The van der Waals surface area contributed by atoms with Gasteiger partial charge in [-0.25, -0.2) is 4.98 Å². The molecule has 1 unspecified atom stereocenters. The van der Waals surface area contributed by atoms with Crippen LogP contribution >= 0.6 is 0 Å². The minimum atomic E-state index is 0.0994. The number of rotatable bonds is 4. The Balaban J connectivity index is 1.58. The van der Waals surface area contributed by atoms with Crippen molar-refractivity contribution in [3.05, 3.63) is 23.9 Å². The highest BCUT2D eigenvalue weighted by atomic mass is 16.5. The molecule has 2 amide bonds. The topological polar surface area (TPSA) is 62.7 Å². The molecule has 0 spiro atoms. The van der Waals surface area contributed by atoms with Crippen molar-refractivity contribution in [3.63, 3.8) is 0 Å². The molecule has 22 heavy (non-hydrogen) atoms. The summed E-state index contributed by atoms with van der Waals surface area (Å²) in [4.78, 5) is 32.1. The fourth-order valence-corrected chi connectivity index (χ4v) is 3.24. The van der Waals surface area contributed by atoms with Crippen molar-refractivity contribution < 1.29 is 14.3 Å². The van der Waals surface area contributed by atoms with E-state index in [0.717, 1.165) is 31.5 Å². The third-order valence-electron chi connectivity index (χ3n) is 4.43. The highest BCUT2D eigenvalue weighted by Crippen LogP contribution is 2.22.